The summed E-state index contributed by atoms with van der Waals surface area (Å²) in [5.41, 5.74) is 2.31. The third-order valence-electron chi connectivity index (χ3n) is 5.12. The van der Waals surface area contributed by atoms with Crippen LogP contribution in [0.3, 0.4) is 0 Å². The fourth-order valence-corrected chi connectivity index (χ4v) is 4.38. The number of hydrogen-bond acceptors (Lipinski definition) is 5. The third kappa shape index (κ3) is 4.22. The van der Waals surface area contributed by atoms with E-state index in [4.69, 9.17) is 4.98 Å². The van der Waals surface area contributed by atoms with Crippen molar-refractivity contribution in [3.8, 4) is 0 Å². The van der Waals surface area contributed by atoms with Crippen molar-refractivity contribution in [2.24, 2.45) is 0 Å². The second-order valence-corrected chi connectivity index (χ2v) is 7.88. The highest BCUT2D eigenvalue weighted by Gasteiger charge is 2.33. The van der Waals surface area contributed by atoms with Crippen molar-refractivity contribution >= 4 is 22.6 Å². The summed E-state index contributed by atoms with van der Waals surface area (Å²) >= 11 is 1.39. The molecule has 0 bridgehead atoms. The van der Waals surface area contributed by atoms with Crippen LogP contribution in [0.4, 0.5) is 5.13 Å². The van der Waals surface area contributed by atoms with Gasteiger partial charge in [-0.3, -0.25) is 4.79 Å². The Bertz CT molecular complexity index is 913. The molecule has 0 radical (unpaired) electrons. The predicted octanol–water partition coefficient (Wildman–Crippen LogP) is 3.98. The molecule has 0 unspecified atom stereocenters. The molecular weight excluding hydrogens is 368 g/mol. The maximum atomic E-state index is 12.9. The summed E-state index contributed by atoms with van der Waals surface area (Å²) < 4.78 is 4.52. The summed E-state index contributed by atoms with van der Waals surface area (Å²) in [6.45, 7) is 2.87. The smallest absolute Gasteiger partial charge is 0.243 e. The van der Waals surface area contributed by atoms with E-state index in [1.807, 2.05) is 55.5 Å². The van der Waals surface area contributed by atoms with Crippen LogP contribution in [-0.4, -0.2) is 27.9 Å². The molecule has 4 rings (SSSR count). The van der Waals surface area contributed by atoms with E-state index in [0.29, 0.717) is 6.42 Å². The van der Waals surface area contributed by atoms with E-state index in [1.165, 1.54) is 17.1 Å². The van der Waals surface area contributed by atoms with Crippen molar-refractivity contribution in [2.75, 3.05) is 11.4 Å². The average molecular weight is 393 g/mol. The molecule has 2 aromatic carbocycles. The van der Waals surface area contributed by atoms with E-state index in [2.05, 4.69) is 26.7 Å². The third-order valence-corrected chi connectivity index (χ3v) is 5.91. The highest BCUT2D eigenvalue weighted by Crippen LogP contribution is 2.28. The van der Waals surface area contributed by atoms with Crippen molar-refractivity contribution in [3.05, 3.63) is 77.6 Å². The van der Waals surface area contributed by atoms with Crippen LogP contribution in [0.2, 0.25) is 0 Å². The first kappa shape index (κ1) is 18.6. The quantitative estimate of drug-likeness (QED) is 0.689. The largest absolute Gasteiger partial charge is 0.348 e. The van der Waals surface area contributed by atoms with Crippen LogP contribution in [-0.2, 0) is 11.2 Å². The molecular formula is C22H24N4OS. The summed E-state index contributed by atoms with van der Waals surface area (Å²) in [6, 6.07) is 20.1. The van der Waals surface area contributed by atoms with Gasteiger partial charge in [-0.1, -0.05) is 60.7 Å². The molecule has 1 aromatic heterocycles. The fraction of sp³-hybridized carbons (Fsp3) is 0.318. The zero-order valence-electron chi connectivity index (χ0n) is 15.9. The van der Waals surface area contributed by atoms with Crippen LogP contribution in [0.25, 0.3) is 0 Å². The lowest BCUT2D eigenvalue weighted by Crippen LogP contribution is -2.44. The van der Waals surface area contributed by atoms with Gasteiger partial charge in [0.25, 0.3) is 0 Å². The highest BCUT2D eigenvalue weighted by atomic mass is 32.1. The molecule has 28 heavy (non-hydrogen) atoms. The molecule has 3 aromatic rings. The summed E-state index contributed by atoms with van der Waals surface area (Å²) in [6.07, 6.45) is 2.55. The Balaban J connectivity index is 1.42. The van der Waals surface area contributed by atoms with Gasteiger partial charge in [-0.2, -0.15) is 4.37 Å². The SMILES string of the molecule is C[C@H](NC(=O)[C@@H]1CCCN1c1nc(Cc2ccccc2)ns1)c1ccccc1. The molecule has 0 aliphatic carbocycles. The Morgan fingerprint density at radius 3 is 2.64 bits per heavy atom. The number of anilines is 1. The van der Waals surface area contributed by atoms with Crippen molar-refractivity contribution < 1.29 is 4.79 Å². The highest BCUT2D eigenvalue weighted by molar-refractivity contribution is 7.09. The van der Waals surface area contributed by atoms with Crippen LogP contribution in [0, 0.1) is 0 Å². The Labute approximate surface area is 169 Å². The van der Waals surface area contributed by atoms with Crippen molar-refractivity contribution in [3.63, 3.8) is 0 Å². The van der Waals surface area contributed by atoms with Crippen LogP contribution >= 0.6 is 11.5 Å². The molecule has 1 fully saturated rings. The molecule has 6 heteroatoms. The number of nitrogens with zero attached hydrogens (tertiary/aromatic N) is 3. The molecule has 2 heterocycles. The normalized spacial score (nSPS) is 17.5. The molecule has 0 spiro atoms. The topological polar surface area (TPSA) is 58.1 Å². The molecule has 2 atom stereocenters. The van der Waals surface area contributed by atoms with Crippen LogP contribution in [0.1, 0.15) is 42.8 Å². The Hall–Kier alpha value is -2.73. The lowest BCUT2D eigenvalue weighted by molar-refractivity contribution is -0.122. The lowest BCUT2D eigenvalue weighted by Gasteiger charge is -2.24. The summed E-state index contributed by atoms with van der Waals surface area (Å²) in [7, 11) is 0. The zero-order valence-corrected chi connectivity index (χ0v) is 16.7. The maximum absolute atomic E-state index is 12.9. The zero-order chi connectivity index (χ0) is 19.3. The number of carbonyl (C=O) groups excluding carboxylic acids is 1. The molecule has 1 aliphatic rings. The number of benzene rings is 2. The maximum Gasteiger partial charge on any atom is 0.243 e. The second-order valence-electron chi connectivity index (χ2n) is 7.15. The summed E-state index contributed by atoms with van der Waals surface area (Å²) in [5.74, 6) is 0.878. The van der Waals surface area contributed by atoms with Gasteiger partial charge < -0.3 is 10.2 Å². The van der Waals surface area contributed by atoms with Crippen LogP contribution in [0.5, 0.6) is 0 Å². The number of carbonyl (C=O) groups is 1. The van der Waals surface area contributed by atoms with Gasteiger partial charge in [-0.15, -0.1) is 0 Å². The first-order valence-electron chi connectivity index (χ1n) is 9.69. The van der Waals surface area contributed by atoms with Gasteiger partial charge in [0.05, 0.1) is 6.04 Å². The van der Waals surface area contributed by atoms with Crippen LogP contribution in [0.15, 0.2) is 60.7 Å². The van der Waals surface area contributed by atoms with E-state index in [9.17, 15) is 4.79 Å². The Morgan fingerprint density at radius 2 is 1.89 bits per heavy atom. The number of rotatable bonds is 6. The molecule has 5 nitrogen and oxygen atoms in total. The molecule has 1 amide bonds. The van der Waals surface area contributed by atoms with Gasteiger partial charge in [0.15, 0.2) is 0 Å². The van der Waals surface area contributed by atoms with E-state index in [1.54, 1.807) is 0 Å². The summed E-state index contributed by atoms with van der Waals surface area (Å²) in [4.78, 5) is 19.7. The van der Waals surface area contributed by atoms with Crippen molar-refractivity contribution in [1.29, 1.82) is 0 Å². The molecule has 1 aliphatic heterocycles. The van der Waals surface area contributed by atoms with Gasteiger partial charge in [0.1, 0.15) is 11.9 Å². The van der Waals surface area contributed by atoms with Crippen molar-refractivity contribution in [1.82, 2.24) is 14.7 Å². The number of hydrogen-bond donors (Lipinski definition) is 1. The van der Waals surface area contributed by atoms with Crippen molar-refractivity contribution in [2.45, 2.75) is 38.3 Å². The first-order valence-corrected chi connectivity index (χ1v) is 10.5. The Morgan fingerprint density at radius 1 is 1.18 bits per heavy atom. The van der Waals surface area contributed by atoms with Gasteiger partial charge in [-0.25, -0.2) is 4.98 Å². The number of amides is 1. The minimum Gasteiger partial charge on any atom is -0.348 e. The van der Waals surface area contributed by atoms with Crippen LogP contribution < -0.4 is 10.2 Å². The molecule has 144 valence electrons. The first-order chi connectivity index (χ1) is 13.7. The summed E-state index contributed by atoms with van der Waals surface area (Å²) in [5, 5.41) is 4.00. The lowest BCUT2D eigenvalue weighted by atomic mass is 10.1. The number of nitrogens with one attached hydrogen (secondary N) is 1. The molecule has 0 saturated carbocycles. The second kappa shape index (κ2) is 8.52. The molecule has 1 N–H and O–H groups in total. The van der Waals surface area contributed by atoms with E-state index in [-0.39, 0.29) is 18.0 Å². The average Bonchev–Trinajstić information content (AvgIpc) is 3.38. The van der Waals surface area contributed by atoms with Gasteiger partial charge in [0.2, 0.25) is 11.0 Å². The minimum atomic E-state index is -0.177. The van der Waals surface area contributed by atoms with E-state index < -0.39 is 0 Å². The monoisotopic (exact) mass is 392 g/mol. The van der Waals surface area contributed by atoms with Gasteiger partial charge in [0, 0.05) is 24.5 Å². The fourth-order valence-electron chi connectivity index (χ4n) is 3.61. The standard InChI is InChI=1S/C22H24N4OS/c1-16(18-11-6-3-7-12-18)23-21(27)19-13-8-14-26(19)22-24-20(25-28-22)15-17-9-4-2-5-10-17/h2-7,9-12,16,19H,8,13-15H2,1H3,(H,23,27)/t16-,19-/m0/s1. The van der Waals surface area contributed by atoms with Gasteiger partial charge in [-0.05, 0) is 30.9 Å². The Kier molecular flexibility index (Phi) is 5.67. The van der Waals surface area contributed by atoms with E-state index in [0.717, 1.165) is 35.9 Å². The predicted molar refractivity (Wildman–Crippen MR) is 113 cm³/mol. The number of aromatic nitrogens is 2. The van der Waals surface area contributed by atoms with Gasteiger partial charge >= 0.3 is 0 Å². The minimum absolute atomic E-state index is 0.0146. The van der Waals surface area contributed by atoms with E-state index >= 15 is 0 Å². The molecule has 1 saturated heterocycles.